The van der Waals surface area contributed by atoms with E-state index in [-0.39, 0.29) is 5.91 Å². The molecule has 0 bridgehead atoms. The van der Waals surface area contributed by atoms with Gasteiger partial charge in [0.15, 0.2) is 11.5 Å². The zero-order valence-corrected chi connectivity index (χ0v) is 12.8. The van der Waals surface area contributed by atoms with Gasteiger partial charge in [0.2, 0.25) is 0 Å². The molecule has 20 heavy (non-hydrogen) atoms. The maximum Gasteiger partial charge on any atom is 0.251 e. The van der Waals surface area contributed by atoms with Crippen LogP contribution < -0.4 is 14.8 Å². The van der Waals surface area contributed by atoms with Gasteiger partial charge in [-0.1, -0.05) is 31.5 Å². The number of carbonyl (C=O) groups is 1. The number of nitrogens with one attached hydrogen (secondary N) is 1. The molecule has 0 saturated carbocycles. The molecule has 1 N–H and O–H groups in total. The van der Waals surface area contributed by atoms with Crippen LogP contribution in [0.4, 0.5) is 0 Å². The van der Waals surface area contributed by atoms with Crippen LogP contribution in [0.1, 0.15) is 24.2 Å². The lowest BCUT2D eigenvalue weighted by Crippen LogP contribution is -2.23. The minimum absolute atomic E-state index is 0.236. The van der Waals surface area contributed by atoms with Gasteiger partial charge in [-0.15, -0.1) is 6.58 Å². The number of benzene rings is 1. The van der Waals surface area contributed by atoms with Crippen LogP contribution in [0, 0.1) is 5.92 Å². The zero-order chi connectivity index (χ0) is 15.1. The molecule has 0 spiro atoms. The lowest BCUT2D eigenvalue weighted by atomic mass is 10.2. The van der Waals surface area contributed by atoms with Crippen molar-refractivity contribution in [2.24, 2.45) is 5.92 Å². The van der Waals surface area contributed by atoms with Gasteiger partial charge in [0.25, 0.3) is 5.91 Å². The molecule has 0 aliphatic rings. The van der Waals surface area contributed by atoms with E-state index in [2.05, 4.69) is 11.9 Å². The van der Waals surface area contributed by atoms with Crippen LogP contribution in [0.2, 0.25) is 5.02 Å². The fourth-order valence-electron chi connectivity index (χ4n) is 1.51. The Kier molecular flexibility index (Phi) is 6.39. The normalized spacial score (nSPS) is 10.2. The smallest absolute Gasteiger partial charge is 0.251 e. The molecule has 1 aromatic rings. The number of rotatable bonds is 7. The number of amides is 1. The first-order valence-corrected chi connectivity index (χ1v) is 6.76. The first-order chi connectivity index (χ1) is 9.49. The number of methoxy groups -OCH3 is 1. The summed E-state index contributed by atoms with van der Waals surface area (Å²) in [6.45, 7) is 8.54. The van der Waals surface area contributed by atoms with Gasteiger partial charge in [-0.05, 0) is 18.1 Å². The molecule has 1 rings (SSSR count). The minimum atomic E-state index is -0.236. The second kappa shape index (κ2) is 7.80. The molecule has 0 atom stereocenters. The number of carbonyl (C=O) groups excluding carboxylic acids is 1. The monoisotopic (exact) mass is 297 g/mol. The van der Waals surface area contributed by atoms with Crippen LogP contribution in [-0.4, -0.2) is 26.2 Å². The van der Waals surface area contributed by atoms with Crippen molar-refractivity contribution in [1.29, 1.82) is 0 Å². The van der Waals surface area contributed by atoms with Crippen LogP contribution in [0.15, 0.2) is 24.8 Å². The van der Waals surface area contributed by atoms with E-state index in [0.717, 1.165) is 0 Å². The molecule has 0 unspecified atom stereocenters. The van der Waals surface area contributed by atoms with Crippen molar-refractivity contribution in [2.75, 3.05) is 20.3 Å². The molecular weight excluding hydrogens is 278 g/mol. The van der Waals surface area contributed by atoms with Crippen molar-refractivity contribution in [3.05, 3.63) is 35.4 Å². The van der Waals surface area contributed by atoms with Gasteiger partial charge in [0, 0.05) is 12.1 Å². The number of hydrogen-bond donors (Lipinski definition) is 1. The predicted octanol–water partition coefficient (Wildman–Crippen LogP) is 3.30. The molecule has 0 aromatic heterocycles. The summed E-state index contributed by atoms with van der Waals surface area (Å²) in [6.07, 6.45) is 1.61. The fraction of sp³-hybridized carbons (Fsp3) is 0.400. The lowest BCUT2D eigenvalue weighted by molar-refractivity contribution is 0.0957. The zero-order valence-electron chi connectivity index (χ0n) is 12.0. The minimum Gasteiger partial charge on any atom is -0.493 e. The van der Waals surface area contributed by atoms with Crippen LogP contribution in [-0.2, 0) is 0 Å². The summed E-state index contributed by atoms with van der Waals surface area (Å²) in [5, 5.41) is 3.04. The lowest BCUT2D eigenvalue weighted by Gasteiger charge is -2.15. The average Bonchev–Trinajstić information content (AvgIpc) is 2.42. The highest BCUT2D eigenvalue weighted by Crippen LogP contribution is 2.36. The third-order valence-corrected chi connectivity index (χ3v) is 2.74. The summed E-state index contributed by atoms with van der Waals surface area (Å²) >= 11 is 6.17. The molecule has 0 aliphatic heterocycles. The summed E-state index contributed by atoms with van der Waals surface area (Å²) in [6, 6.07) is 3.18. The molecule has 0 radical (unpaired) electrons. The van der Waals surface area contributed by atoms with Crippen molar-refractivity contribution in [3.63, 3.8) is 0 Å². The van der Waals surface area contributed by atoms with E-state index >= 15 is 0 Å². The van der Waals surface area contributed by atoms with Crippen LogP contribution >= 0.6 is 11.6 Å². The summed E-state index contributed by atoms with van der Waals surface area (Å²) in [7, 11) is 1.51. The van der Waals surface area contributed by atoms with Crippen molar-refractivity contribution in [3.8, 4) is 11.5 Å². The fourth-order valence-corrected chi connectivity index (χ4v) is 1.77. The maximum absolute atomic E-state index is 11.9. The van der Waals surface area contributed by atoms with Crippen molar-refractivity contribution >= 4 is 17.5 Å². The molecular formula is C15H20ClNO3. The van der Waals surface area contributed by atoms with Crippen LogP contribution in [0.3, 0.4) is 0 Å². The van der Waals surface area contributed by atoms with E-state index in [1.165, 1.54) is 7.11 Å². The van der Waals surface area contributed by atoms with E-state index in [1.54, 1.807) is 18.2 Å². The Bertz CT molecular complexity index is 486. The van der Waals surface area contributed by atoms with Gasteiger partial charge < -0.3 is 14.8 Å². The van der Waals surface area contributed by atoms with Gasteiger partial charge >= 0.3 is 0 Å². The second-order valence-corrected chi connectivity index (χ2v) is 5.10. The summed E-state index contributed by atoms with van der Waals surface area (Å²) in [5.41, 5.74) is 0.422. The Labute approximate surface area is 124 Å². The predicted molar refractivity (Wildman–Crippen MR) is 80.9 cm³/mol. The van der Waals surface area contributed by atoms with E-state index in [4.69, 9.17) is 21.1 Å². The third-order valence-electron chi connectivity index (χ3n) is 2.46. The standard InChI is InChI=1S/C15H20ClNO3/c1-5-6-17-15(18)11-7-12(16)14(13(8-11)19-4)20-9-10(2)3/h5,7-8,10H,1,6,9H2,2-4H3,(H,17,18). The van der Waals surface area contributed by atoms with Crippen LogP contribution in [0.5, 0.6) is 11.5 Å². The highest BCUT2D eigenvalue weighted by Gasteiger charge is 2.16. The average molecular weight is 298 g/mol. The van der Waals surface area contributed by atoms with Gasteiger partial charge in [0.1, 0.15) is 0 Å². The Hall–Kier alpha value is -1.68. The molecule has 4 nitrogen and oxygen atoms in total. The molecule has 0 saturated heterocycles. The topological polar surface area (TPSA) is 47.6 Å². The van der Waals surface area contributed by atoms with Crippen molar-refractivity contribution in [2.45, 2.75) is 13.8 Å². The Balaban J connectivity index is 3.00. The van der Waals surface area contributed by atoms with Crippen LogP contribution in [0.25, 0.3) is 0 Å². The quantitative estimate of drug-likeness (QED) is 0.786. The molecule has 1 amide bonds. The van der Waals surface area contributed by atoms with Gasteiger partial charge in [-0.25, -0.2) is 0 Å². The first-order valence-electron chi connectivity index (χ1n) is 6.39. The third kappa shape index (κ3) is 4.46. The second-order valence-electron chi connectivity index (χ2n) is 4.69. The Morgan fingerprint density at radius 1 is 1.50 bits per heavy atom. The highest BCUT2D eigenvalue weighted by atomic mass is 35.5. The largest absolute Gasteiger partial charge is 0.493 e. The molecule has 110 valence electrons. The molecule has 0 fully saturated rings. The van der Waals surface area contributed by atoms with Gasteiger partial charge in [0.05, 0.1) is 18.7 Å². The summed E-state index contributed by atoms with van der Waals surface area (Å²) in [4.78, 5) is 11.9. The van der Waals surface area contributed by atoms with Crippen molar-refractivity contribution in [1.82, 2.24) is 5.32 Å². The number of halogens is 1. The molecule has 0 aliphatic carbocycles. The summed E-state index contributed by atoms with van der Waals surface area (Å²) < 4.78 is 10.9. The summed E-state index contributed by atoms with van der Waals surface area (Å²) in [5.74, 6) is 1.04. The Morgan fingerprint density at radius 2 is 2.20 bits per heavy atom. The van der Waals surface area contributed by atoms with E-state index in [9.17, 15) is 4.79 Å². The molecule has 5 heteroatoms. The van der Waals surface area contributed by atoms with Gasteiger partial charge in [-0.2, -0.15) is 0 Å². The molecule has 1 aromatic carbocycles. The van der Waals surface area contributed by atoms with E-state index in [0.29, 0.717) is 41.2 Å². The van der Waals surface area contributed by atoms with Crippen molar-refractivity contribution < 1.29 is 14.3 Å². The van der Waals surface area contributed by atoms with E-state index in [1.807, 2.05) is 13.8 Å². The Morgan fingerprint density at radius 3 is 2.75 bits per heavy atom. The first kappa shape index (κ1) is 16.4. The van der Waals surface area contributed by atoms with Gasteiger partial charge in [-0.3, -0.25) is 4.79 Å². The SMILES string of the molecule is C=CCNC(=O)c1cc(Cl)c(OCC(C)C)c(OC)c1. The number of hydrogen-bond acceptors (Lipinski definition) is 3. The highest BCUT2D eigenvalue weighted by molar-refractivity contribution is 6.32. The van der Waals surface area contributed by atoms with E-state index < -0.39 is 0 Å². The number of ether oxygens (including phenoxy) is 2. The maximum atomic E-state index is 11.9. The molecule has 0 heterocycles.